The van der Waals surface area contributed by atoms with Crippen LogP contribution in [0.15, 0.2) is 36.5 Å². The van der Waals surface area contributed by atoms with Crippen LogP contribution in [-0.2, 0) is 0 Å². The van der Waals surface area contributed by atoms with Crippen molar-refractivity contribution >= 4 is 10.9 Å². The number of benzene rings is 1. The van der Waals surface area contributed by atoms with Crippen molar-refractivity contribution in [1.82, 2.24) is 4.98 Å². The third-order valence-electron chi connectivity index (χ3n) is 2.81. The van der Waals surface area contributed by atoms with Crippen molar-refractivity contribution in [3.63, 3.8) is 0 Å². The fourth-order valence-corrected chi connectivity index (χ4v) is 1.87. The molecule has 0 aliphatic heterocycles. The van der Waals surface area contributed by atoms with E-state index in [1.54, 1.807) is 6.20 Å². The maximum Gasteiger partial charge on any atom is 0.0790 e. The quantitative estimate of drug-likeness (QED) is 0.640. The molecule has 1 unspecified atom stereocenters. The first-order chi connectivity index (χ1) is 8.31. The highest BCUT2D eigenvalue weighted by atomic mass is 16.3. The van der Waals surface area contributed by atoms with Gasteiger partial charge in [0.05, 0.1) is 11.6 Å². The first kappa shape index (κ1) is 11.6. The smallest absolute Gasteiger partial charge is 0.0790 e. The van der Waals surface area contributed by atoms with Crippen LogP contribution in [0.5, 0.6) is 0 Å². The molecule has 0 radical (unpaired) electrons. The Bertz CT molecular complexity index is 542. The summed E-state index contributed by atoms with van der Waals surface area (Å²) in [6, 6.07) is 9.75. The first-order valence-electron chi connectivity index (χ1n) is 5.77. The molecule has 0 bridgehead atoms. The van der Waals surface area contributed by atoms with Gasteiger partial charge in [0, 0.05) is 18.0 Å². The molecular weight excluding hydrogens is 210 g/mol. The van der Waals surface area contributed by atoms with Crippen LogP contribution in [0, 0.1) is 12.3 Å². The highest BCUT2D eigenvalue weighted by molar-refractivity contribution is 5.78. The van der Waals surface area contributed by atoms with Crippen molar-refractivity contribution in [1.29, 1.82) is 0 Å². The number of terminal acetylenes is 1. The summed E-state index contributed by atoms with van der Waals surface area (Å²) in [5, 5.41) is 11.1. The van der Waals surface area contributed by atoms with Gasteiger partial charge in [-0.1, -0.05) is 12.1 Å². The minimum atomic E-state index is -0.437. The zero-order valence-corrected chi connectivity index (χ0v) is 9.63. The van der Waals surface area contributed by atoms with Crippen molar-refractivity contribution in [2.75, 3.05) is 0 Å². The predicted molar refractivity (Wildman–Crippen MR) is 69.4 cm³/mol. The van der Waals surface area contributed by atoms with Gasteiger partial charge in [-0.05, 0) is 36.6 Å². The van der Waals surface area contributed by atoms with Crippen LogP contribution in [0.4, 0.5) is 0 Å². The summed E-state index contributed by atoms with van der Waals surface area (Å²) in [5.74, 6) is 2.58. The Kier molecular flexibility index (Phi) is 3.74. The number of aromatic nitrogens is 1. The number of pyridine rings is 1. The molecule has 1 N–H and O–H groups in total. The first-order valence-corrected chi connectivity index (χ1v) is 5.77. The van der Waals surface area contributed by atoms with Crippen LogP contribution < -0.4 is 0 Å². The second-order valence-electron chi connectivity index (χ2n) is 4.07. The molecule has 1 aromatic heterocycles. The lowest BCUT2D eigenvalue weighted by molar-refractivity contribution is 0.165. The molecule has 0 spiro atoms. The summed E-state index contributed by atoms with van der Waals surface area (Å²) in [6.45, 7) is 0. The molecule has 0 amide bonds. The van der Waals surface area contributed by atoms with Crippen molar-refractivity contribution in [3.05, 3.63) is 42.1 Å². The molecule has 2 rings (SSSR count). The zero-order valence-electron chi connectivity index (χ0n) is 9.63. The van der Waals surface area contributed by atoms with E-state index in [1.807, 2.05) is 30.3 Å². The number of hydrogen-bond donors (Lipinski definition) is 1. The lowest BCUT2D eigenvalue weighted by atomic mass is 10.0. The van der Waals surface area contributed by atoms with E-state index < -0.39 is 6.10 Å². The summed E-state index contributed by atoms with van der Waals surface area (Å²) in [6.07, 6.45) is 8.79. The van der Waals surface area contributed by atoms with Gasteiger partial charge in [-0.15, -0.1) is 12.3 Å². The van der Waals surface area contributed by atoms with Crippen LogP contribution in [0.3, 0.4) is 0 Å². The maximum absolute atomic E-state index is 10.0. The van der Waals surface area contributed by atoms with E-state index >= 15 is 0 Å². The molecule has 2 aromatic rings. The lowest BCUT2D eigenvalue weighted by Gasteiger charge is -2.10. The molecule has 1 aromatic carbocycles. The van der Waals surface area contributed by atoms with Crippen molar-refractivity contribution < 1.29 is 5.11 Å². The van der Waals surface area contributed by atoms with Gasteiger partial charge in [-0.2, -0.15) is 0 Å². The van der Waals surface area contributed by atoms with E-state index in [-0.39, 0.29) is 0 Å². The fraction of sp³-hybridized carbons (Fsp3) is 0.267. The molecule has 0 saturated heterocycles. The Labute approximate surface area is 101 Å². The van der Waals surface area contributed by atoms with Crippen LogP contribution >= 0.6 is 0 Å². The summed E-state index contributed by atoms with van der Waals surface area (Å²) in [5.41, 5.74) is 1.88. The van der Waals surface area contributed by atoms with Crippen LogP contribution in [0.1, 0.15) is 30.9 Å². The van der Waals surface area contributed by atoms with Gasteiger partial charge in [-0.3, -0.25) is 4.98 Å². The van der Waals surface area contributed by atoms with E-state index in [1.165, 1.54) is 0 Å². The van der Waals surface area contributed by atoms with Crippen molar-refractivity contribution in [2.45, 2.75) is 25.4 Å². The minimum absolute atomic E-state index is 0.437. The van der Waals surface area contributed by atoms with E-state index in [9.17, 15) is 5.11 Å². The second kappa shape index (κ2) is 5.47. The highest BCUT2D eigenvalue weighted by Crippen LogP contribution is 2.22. The number of fused-ring (bicyclic) bond motifs is 1. The van der Waals surface area contributed by atoms with E-state index in [0.29, 0.717) is 12.8 Å². The van der Waals surface area contributed by atoms with Gasteiger partial charge in [0.15, 0.2) is 0 Å². The summed E-state index contributed by atoms with van der Waals surface area (Å²) in [4.78, 5) is 4.25. The third-order valence-corrected chi connectivity index (χ3v) is 2.81. The van der Waals surface area contributed by atoms with Crippen LogP contribution in [0.25, 0.3) is 10.9 Å². The van der Waals surface area contributed by atoms with Gasteiger partial charge in [0.1, 0.15) is 0 Å². The van der Waals surface area contributed by atoms with Gasteiger partial charge < -0.3 is 5.11 Å². The zero-order chi connectivity index (χ0) is 12.1. The Morgan fingerprint density at radius 3 is 3.06 bits per heavy atom. The maximum atomic E-state index is 10.0. The number of unbranched alkanes of at least 4 members (excludes halogenated alkanes) is 1. The molecule has 2 heteroatoms. The minimum Gasteiger partial charge on any atom is -0.388 e. The normalized spacial score (nSPS) is 12.2. The molecule has 0 aliphatic carbocycles. The average Bonchev–Trinajstić information content (AvgIpc) is 2.38. The van der Waals surface area contributed by atoms with Gasteiger partial charge in [0.2, 0.25) is 0 Å². The Hall–Kier alpha value is -1.85. The molecule has 0 saturated carbocycles. The third kappa shape index (κ3) is 2.83. The topological polar surface area (TPSA) is 33.1 Å². The highest BCUT2D eigenvalue weighted by Gasteiger charge is 2.07. The molecule has 17 heavy (non-hydrogen) atoms. The largest absolute Gasteiger partial charge is 0.388 e. The van der Waals surface area contributed by atoms with Gasteiger partial charge in [-0.25, -0.2) is 0 Å². The fourth-order valence-electron chi connectivity index (χ4n) is 1.87. The van der Waals surface area contributed by atoms with Crippen molar-refractivity contribution in [3.8, 4) is 12.3 Å². The van der Waals surface area contributed by atoms with Gasteiger partial charge >= 0.3 is 0 Å². The summed E-state index contributed by atoms with van der Waals surface area (Å²) >= 11 is 0. The SMILES string of the molecule is C#CCCCC(O)c1ccc2ncccc2c1. The van der Waals surface area contributed by atoms with E-state index in [2.05, 4.69) is 10.9 Å². The molecule has 0 aliphatic rings. The number of aliphatic hydroxyl groups excluding tert-OH is 1. The second-order valence-corrected chi connectivity index (χ2v) is 4.07. The number of rotatable bonds is 4. The molecule has 86 valence electrons. The molecule has 0 fully saturated rings. The van der Waals surface area contributed by atoms with E-state index in [0.717, 1.165) is 22.9 Å². The van der Waals surface area contributed by atoms with Crippen LogP contribution in [-0.4, -0.2) is 10.1 Å². The molecule has 2 nitrogen and oxygen atoms in total. The van der Waals surface area contributed by atoms with Crippen LogP contribution in [0.2, 0.25) is 0 Å². The number of aliphatic hydroxyl groups is 1. The van der Waals surface area contributed by atoms with Gasteiger partial charge in [0.25, 0.3) is 0 Å². The molecular formula is C15H15NO. The predicted octanol–water partition coefficient (Wildman–Crippen LogP) is 3.07. The Morgan fingerprint density at radius 2 is 2.24 bits per heavy atom. The number of nitrogens with zero attached hydrogens (tertiary/aromatic N) is 1. The van der Waals surface area contributed by atoms with E-state index in [4.69, 9.17) is 6.42 Å². The van der Waals surface area contributed by atoms with Crippen molar-refractivity contribution in [2.24, 2.45) is 0 Å². The molecule has 1 heterocycles. The average molecular weight is 225 g/mol. The Morgan fingerprint density at radius 1 is 1.35 bits per heavy atom. The molecule has 1 atom stereocenters. The number of hydrogen-bond acceptors (Lipinski definition) is 2. The summed E-state index contributed by atoms with van der Waals surface area (Å²) in [7, 11) is 0. The lowest BCUT2D eigenvalue weighted by Crippen LogP contribution is -1.97. The summed E-state index contributed by atoms with van der Waals surface area (Å²) < 4.78 is 0. The monoisotopic (exact) mass is 225 g/mol. The Balaban J connectivity index is 2.16. The standard InChI is InChI=1S/C15H15NO/c1-2-3-4-7-15(17)13-8-9-14-12(11-13)6-5-10-16-14/h1,5-6,8-11,15,17H,3-4,7H2.